The maximum Gasteiger partial charge on any atom is 0.0615 e. The molecular formula is C12H21N3O2. The average molecular weight is 239 g/mol. The lowest BCUT2D eigenvalue weighted by Crippen LogP contribution is -2.52. The molecule has 1 fully saturated rings. The molecule has 0 aromatic carbocycles. The van der Waals surface area contributed by atoms with Crippen molar-refractivity contribution >= 4 is 0 Å². The lowest BCUT2D eigenvalue weighted by molar-refractivity contribution is 0.0109. The van der Waals surface area contributed by atoms with Gasteiger partial charge in [0.2, 0.25) is 0 Å². The van der Waals surface area contributed by atoms with Crippen molar-refractivity contribution in [3.63, 3.8) is 0 Å². The molecule has 0 saturated carbocycles. The molecule has 5 nitrogen and oxygen atoms in total. The lowest BCUT2D eigenvalue weighted by atomic mass is 9.91. The fourth-order valence-electron chi connectivity index (χ4n) is 2.26. The van der Waals surface area contributed by atoms with Gasteiger partial charge in [-0.05, 0) is 25.8 Å². The maximum atomic E-state index is 9.55. The highest BCUT2D eigenvalue weighted by Crippen LogP contribution is 2.20. The summed E-state index contributed by atoms with van der Waals surface area (Å²) in [6.07, 6.45) is 1.72. The van der Waals surface area contributed by atoms with Crippen molar-refractivity contribution in [1.29, 1.82) is 0 Å². The number of hydrogen-bond donors (Lipinski definition) is 2. The topological polar surface area (TPSA) is 59.3 Å². The Morgan fingerprint density at radius 1 is 1.53 bits per heavy atom. The van der Waals surface area contributed by atoms with Gasteiger partial charge in [-0.2, -0.15) is 5.10 Å². The molecule has 5 heteroatoms. The van der Waals surface area contributed by atoms with Gasteiger partial charge in [0.1, 0.15) is 0 Å². The third-order valence-corrected chi connectivity index (χ3v) is 3.50. The van der Waals surface area contributed by atoms with Gasteiger partial charge in [-0.1, -0.05) is 0 Å². The largest absolute Gasteiger partial charge is 0.394 e. The van der Waals surface area contributed by atoms with Crippen molar-refractivity contribution in [2.75, 3.05) is 19.8 Å². The normalized spacial score (nSPS) is 19.5. The monoisotopic (exact) mass is 239 g/mol. The van der Waals surface area contributed by atoms with Crippen LogP contribution in [-0.2, 0) is 18.3 Å². The van der Waals surface area contributed by atoms with E-state index in [0.717, 1.165) is 44.0 Å². The Kier molecular flexibility index (Phi) is 3.81. The van der Waals surface area contributed by atoms with E-state index in [0.29, 0.717) is 0 Å². The van der Waals surface area contributed by atoms with Gasteiger partial charge in [-0.15, -0.1) is 0 Å². The van der Waals surface area contributed by atoms with Crippen LogP contribution in [0.3, 0.4) is 0 Å². The van der Waals surface area contributed by atoms with Crippen LogP contribution in [0.15, 0.2) is 6.07 Å². The van der Waals surface area contributed by atoms with E-state index >= 15 is 0 Å². The molecule has 17 heavy (non-hydrogen) atoms. The highest BCUT2D eigenvalue weighted by molar-refractivity contribution is 5.09. The van der Waals surface area contributed by atoms with Crippen LogP contribution in [0.4, 0.5) is 0 Å². The number of nitrogens with one attached hydrogen (secondary N) is 1. The molecule has 1 aliphatic heterocycles. The smallest absolute Gasteiger partial charge is 0.0615 e. The van der Waals surface area contributed by atoms with Crippen LogP contribution in [0, 0.1) is 6.92 Å². The van der Waals surface area contributed by atoms with Crippen LogP contribution < -0.4 is 5.32 Å². The molecule has 0 aliphatic carbocycles. The number of nitrogens with zero attached hydrogens (tertiary/aromatic N) is 2. The molecule has 2 N–H and O–H groups in total. The summed E-state index contributed by atoms with van der Waals surface area (Å²) in [7, 11) is 1.94. The summed E-state index contributed by atoms with van der Waals surface area (Å²) in [5.74, 6) is 0. The van der Waals surface area contributed by atoms with Gasteiger partial charge in [0.25, 0.3) is 0 Å². The van der Waals surface area contributed by atoms with E-state index in [9.17, 15) is 5.11 Å². The minimum Gasteiger partial charge on any atom is -0.394 e. The molecule has 0 unspecified atom stereocenters. The molecule has 1 saturated heterocycles. The van der Waals surface area contributed by atoms with E-state index < -0.39 is 0 Å². The van der Waals surface area contributed by atoms with Crippen molar-refractivity contribution < 1.29 is 9.84 Å². The van der Waals surface area contributed by atoms with Gasteiger partial charge < -0.3 is 15.2 Å². The molecule has 0 amide bonds. The molecule has 0 bridgehead atoms. The second-order valence-electron chi connectivity index (χ2n) is 4.81. The Balaban J connectivity index is 1.98. The van der Waals surface area contributed by atoms with Crippen LogP contribution in [0.5, 0.6) is 0 Å². The van der Waals surface area contributed by atoms with Gasteiger partial charge in [-0.25, -0.2) is 0 Å². The standard InChI is InChI=1S/C12H21N3O2/c1-10-7-11(15(2)14-10)8-13-12(9-16)3-5-17-6-4-12/h7,13,16H,3-6,8-9H2,1-2H3. The van der Waals surface area contributed by atoms with E-state index in [1.807, 2.05) is 18.7 Å². The number of aliphatic hydroxyl groups is 1. The number of ether oxygens (including phenoxy) is 1. The summed E-state index contributed by atoms with van der Waals surface area (Å²) < 4.78 is 7.22. The van der Waals surface area contributed by atoms with Gasteiger partial charge in [-0.3, -0.25) is 4.68 Å². The fraction of sp³-hybridized carbons (Fsp3) is 0.750. The van der Waals surface area contributed by atoms with Crippen LogP contribution in [0.2, 0.25) is 0 Å². The summed E-state index contributed by atoms with van der Waals surface area (Å²) >= 11 is 0. The van der Waals surface area contributed by atoms with E-state index in [-0.39, 0.29) is 12.1 Å². The van der Waals surface area contributed by atoms with Gasteiger partial charge in [0, 0.05) is 32.3 Å². The third kappa shape index (κ3) is 2.86. The molecule has 2 rings (SSSR count). The average Bonchev–Trinajstić information content (AvgIpc) is 2.67. The highest BCUT2D eigenvalue weighted by Gasteiger charge is 2.31. The lowest BCUT2D eigenvalue weighted by Gasteiger charge is -2.36. The zero-order valence-electron chi connectivity index (χ0n) is 10.6. The molecule has 2 heterocycles. The van der Waals surface area contributed by atoms with Gasteiger partial charge in [0.05, 0.1) is 18.0 Å². The Bertz CT molecular complexity index is 370. The van der Waals surface area contributed by atoms with Crippen LogP contribution in [-0.4, -0.2) is 40.2 Å². The first-order valence-corrected chi connectivity index (χ1v) is 6.08. The van der Waals surface area contributed by atoms with Crippen LogP contribution >= 0.6 is 0 Å². The second kappa shape index (κ2) is 5.16. The van der Waals surface area contributed by atoms with Crippen LogP contribution in [0.1, 0.15) is 24.2 Å². The first-order chi connectivity index (χ1) is 8.15. The zero-order chi connectivity index (χ0) is 12.3. The summed E-state index contributed by atoms with van der Waals surface area (Å²) in [6, 6.07) is 2.07. The Morgan fingerprint density at radius 3 is 2.76 bits per heavy atom. The molecule has 1 aliphatic rings. The quantitative estimate of drug-likeness (QED) is 0.796. The summed E-state index contributed by atoms with van der Waals surface area (Å²) in [4.78, 5) is 0. The first-order valence-electron chi connectivity index (χ1n) is 6.08. The van der Waals surface area contributed by atoms with Crippen molar-refractivity contribution in [1.82, 2.24) is 15.1 Å². The van der Waals surface area contributed by atoms with Crippen molar-refractivity contribution in [3.8, 4) is 0 Å². The predicted molar refractivity (Wildman–Crippen MR) is 64.7 cm³/mol. The van der Waals surface area contributed by atoms with Gasteiger partial charge >= 0.3 is 0 Å². The Hall–Kier alpha value is -0.910. The number of aryl methyl sites for hydroxylation is 2. The van der Waals surface area contributed by atoms with Crippen molar-refractivity contribution in [3.05, 3.63) is 17.5 Å². The molecule has 0 spiro atoms. The minimum absolute atomic E-state index is 0.160. The number of hydrogen-bond acceptors (Lipinski definition) is 4. The van der Waals surface area contributed by atoms with E-state index in [1.165, 1.54) is 0 Å². The predicted octanol–water partition coefficient (Wildman–Crippen LogP) is 0.360. The molecule has 0 radical (unpaired) electrons. The highest BCUT2D eigenvalue weighted by atomic mass is 16.5. The summed E-state index contributed by atoms with van der Waals surface area (Å²) in [5, 5.41) is 17.3. The molecular weight excluding hydrogens is 218 g/mol. The third-order valence-electron chi connectivity index (χ3n) is 3.50. The summed E-state index contributed by atoms with van der Waals surface area (Å²) in [6.45, 7) is 4.32. The summed E-state index contributed by atoms with van der Waals surface area (Å²) in [5.41, 5.74) is 1.98. The van der Waals surface area contributed by atoms with E-state index in [1.54, 1.807) is 0 Å². The van der Waals surface area contributed by atoms with E-state index in [4.69, 9.17) is 4.74 Å². The molecule has 1 aromatic rings. The maximum absolute atomic E-state index is 9.55. The molecule has 96 valence electrons. The SMILES string of the molecule is Cc1cc(CNC2(CO)CCOCC2)n(C)n1. The molecule has 0 atom stereocenters. The Labute approximate surface area is 102 Å². The second-order valence-corrected chi connectivity index (χ2v) is 4.81. The fourth-order valence-corrected chi connectivity index (χ4v) is 2.26. The zero-order valence-corrected chi connectivity index (χ0v) is 10.6. The van der Waals surface area contributed by atoms with Crippen LogP contribution in [0.25, 0.3) is 0 Å². The number of aromatic nitrogens is 2. The van der Waals surface area contributed by atoms with Crippen molar-refractivity contribution in [2.24, 2.45) is 7.05 Å². The van der Waals surface area contributed by atoms with E-state index in [2.05, 4.69) is 16.5 Å². The Morgan fingerprint density at radius 2 is 2.24 bits per heavy atom. The minimum atomic E-state index is -0.184. The first kappa shape index (κ1) is 12.5. The van der Waals surface area contributed by atoms with Crippen molar-refractivity contribution in [2.45, 2.75) is 31.8 Å². The van der Waals surface area contributed by atoms with Gasteiger partial charge in [0.15, 0.2) is 0 Å². The number of aliphatic hydroxyl groups excluding tert-OH is 1. The molecule has 1 aromatic heterocycles. The number of rotatable bonds is 4.